The van der Waals surface area contributed by atoms with Crippen molar-refractivity contribution in [1.29, 1.82) is 0 Å². The highest BCUT2D eigenvalue weighted by Gasteiger charge is 1.92. The summed E-state index contributed by atoms with van der Waals surface area (Å²) in [4.78, 5) is 0. The maximum atomic E-state index is 9.42. The van der Waals surface area contributed by atoms with E-state index in [0.717, 1.165) is 12.0 Å². The van der Waals surface area contributed by atoms with E-state index in [0.29, 0.717) is 5.75 Å². The molecule has 0 fully saturated rings. The van der Waals surface area contributed by atoms with Gasteiger partial charge in [-0.1, -0.05) is 50.1 Å². The topological polar surface area (TPSA) is 20.2 Å². The van der Waals surface area contributed by atoms with Crippen molar-refractivity contribution in [2.45, 2.75) is 26.2 Å². The Bertz CT molecular complexity index is 276. The fourth-order valence-corrected chi connectivity index (χ4v) is 1.16. The molecule has 0 saturated heterocycles. The van der Waals surface area contributed by atoms with E-state index in [9.17, 15) is 5.11 Å². The predicted molar refractivity (Wildman–Crippen MR) is 56.7 cm³/mol. The summed E-state index contributed by atoms with van der Waals surface area (Å²) in [5.74, 6) is 0.357. The first-order chi connectivity index (χ1) is 6.34. The minimum atomic E-state index is 0.357. The summed E-state index contributed by atoms with van der Waals surface area (Å²) >= 11 is 0. The quantitative estimate of drug-likeness (QED) is 0.695. The molecule has 0 amide bonds. The molecular formula is C12H16O. The molecule has 0 aliphatic carbocycles. The van der Waals surface area contributed by atoms with E-state index in [1.165, 1.54) is 12.8 Å². The van der Waals surface area contributed by atoms with Crippen molar-refractivity contribution < 1.29 is 5.11 Å². The van der Waals surface area contributed by atoms with E-state index in [1.54, 1.807) is 6.07 Å². The molecule has 1 heteroatoms. The van der Waals surface area contributed by atoms with Gasteiger partial charge in [0.25, 0.3) is 0 Å². The van der Waals surface area contributed by atoms with Crippen molar-refractivity contribution in [3.63, 3.8) is 0 Å². The number of rotatable bonds is 4. The van der Waals surface area contributed by atoms with Gasteiger partial charge in [-0.15, -0.1) is 0 Å². The van der Waals surface area contributed by atoms with Gasteiger partial charge in [-0.3, -0.25) is 0 Å². The molecule has 0 aromatic heterocycles. The molecule has 70 valence electrons. The van der Waals surface area contributed by atoms with Crippen molar-refractivity contribution in [1.82, 2.24) is 0 Å². The van der Waals surface area contributed by atoms with Crippen LogP contribution in [0.3, 0.4) is 0 Å². The second-order valence-electron chi connectivity index (χ2n) is 3.10. The van der Waals surface area contributed by atoms with Gasteiger partial charge < -0.3 is 5.11 Å². The molecule has 0 bridgehead atoms. The van der Waals surface area contributed by atoms with Crippen LogP contribution >= 0.6 is 0 Å². The number of benzene rings is 1. The summed E-state index contributed by atoms with van der Waals surface area (Å²) < 4.78 is 0. The number of aromatic hydroxyl groups is 1. The molecule has 0 aliphatic rings. The molecule has 0 saturated carbocycles. The Labute approximate surface area is 79.7 Å². The number of phenols is 1. The second-order valence-corrected chi connectivity index (χ2v) is 3.10. The van der Waals surface area contributed by atoms with E-state index in [2.05, 4.69) is 13.0 Å². The van der Waals surface area contributed by atoms with E-state index >= 15 is 0 Å². The van der Waals surface area contributed by atoms with E-state index in [1.807, 2.05) is 24.3 Å². The molecule has 1 aromatic rings. The van der Waals surface area contributed by atoms with Gasteiger partial charge in [-0.2, -0.15) is 0 Å². The van der Waals surface area contributed by atoms with Crippen molar-refractivity contribution in [2.75, 3.05) is 0 Å². The lowest BCUT2D eigenvalue weighted by atomic mass is 10.1. The third-order valence-corrected chi connectivity index (χ3v) is 1.96. The highest BCUT2D eigenvalue weighted by Crippen LogP contribution is 2.17. The lowest BCUT2D eigenvalue weighted by Gasteiger charge is -1.96. The standard InChI is InChI=1S/C12H16O/c1-2-3-4-5-8-11-9-6-7-10-12(11)13/h5-10,13H,2-4H2,1H3/b8-5+. The third-order valence-electron chi connectivity index (χ3n) is 1.96. The fraction of sp³-hybridized carbons (Fsp3) is 0.333. The highest BCUT2D eigenvalue weighted by atomic mass is 16.3. The van der Waals surface area contributed by atoms with Gasteiger partial charge in [0.1, 0.15) is 5.75 Å². The normalized spacial score (nSPS) is 10.8. The van der Waals surface area contributed by atoms with Gasteiger partial charge in [0, 0.05) is 5.56 Å². The Morgan fingerprint density at radius 1 is 1.31 bits per heavy atom. The van der Waals surface area contributed by atoms with E-state index in [4.69, 9.17) is 0 Å². The summed E-state index contributed by atoms with van der Waals surface area (Å²) in [7, 11) is 0. The van der Waals surface area contributed by atoms with Crippen molar-refractivity contribution in [3.05, 3.63) is 35.9 Å². The zero-order valence-corrected chi connectivity index (χ0v) is 8.03. The summed E-state index contributed by atoms with van der Waals surface area (Å²) in [6.45, 7) is 2.17. The van der Waals surface area contributed by atoms with Crippen LogP contribution in [0, 0.1) is 0 Å². The van der Waals surface area contributed by atoms with Crippen LogP contribution in [0.15, 0.2) is 30.3 Å². The molecule has 1 N–H and O–H groups in total. The van der Waals surface area contributed by atoms with Crippen LogP contribution in [0.4, 0.5) is 0 Å². The summed E-state index contributed by atoms with van der Waals surface area (Å²) in [6.07, 6.45) is 7.60. The van der Waals surface area contributed by atoms with Crippen LogP contribution in [0.1, 0.15) is 31.7 Å². The smallest absolute Gasteiger partial charge is 0.122 e. The molecule has 0 radical (unpaired) electrons. The second kappa shape index (κ2) is 5.41. The summed E-state index contributed by atoms with van der Waals surface area (Å²) in [6, 6.07) is 7.38. The fourth-order valence-electron chi connectivity index (χ4n) is 1.16. The van der Waals surface area contributed by atoms with Gasteiger partial charge in [-0.25, -0.2) is 0 Å². The molecule has 1 aromatic carbocycles. The van der Waals surface area contributed by atoms with Crippen LogP contribution in [-0.4, -0.2) is 5.11 Å². The van der Waals surface area contributed by atoms with Crippen molar-refractivity contribution in [2.24, 2.45) is 0 Å². The summed E-state index contributed by atoms with van der Waals surface area (Å²) in [5.41, 5.74) is 0.901. The lowest BCUT2D eigenvalue weighted by molar-refractivity contribution is 0.474. The number of hydrogen-bond donors (Lipinski definition) is 1. The monoisotopic (exact) mass is 176 g/mol. The molecule has 0 unspecified atom stereocenters. The van der Waals surface area contributed by atoms with Gasteiger partial charge in [0.15, 0.2) is 0 Å². The molecule has 0 atom stereocenters. The number of hydrogen-bond acceptors (Lipinski definition) is 1. The van der Waals surface area contributed by atoms with E-state index in [-0.39, 0.29) is 0 Å². The van der Waals surface area contributed by atoms with Gasteiger partial charge in [-0.05, 0) is 12.5 Å². The molecule has 0 spiro atoms. The molecule has 1 rings (SSSR count). The Morgan fingerprint density at radius 2 is 2.08 bits per heavy atom. The number of para-hydroxylation sites is 1. The minimum absolute atomic E-state index is 0.357. The number of phenolic OH excluding ortho intramolecular Hbond substituents is 1. The molecule has 0 aliphatic heterocycles. The average Bonchev–Trinajstić information content (AvgIpc) is 2.15. The van der Waals surface area contributed by atoms with Crippen LogP contribution in [-0.2, 0) is 0 Å². The Balaban J connectivity index is 2.53. The zero-order chi connectivity index (χ0) is 9.52. The maximum absolute atomic E-state index is 9.42. The Morgan fingerprint density at radius 3 is 2.77 bits per heavy atom. The number of allylic oxidation sites excluding steroid dienone is 1. The SMILES string of the molecule is CCCC/C=C/c1ccccc1O. The summed E-state index contributed by atoms with van der Waals surface area (Å²) in [5, 5.41) is 9.42. The van der Waals surface area contributed by atoms with Gasteiger partial charge >= 0.3 is 0 Å². The molecule has 1 nitrogen and oxygen atoms in total. The van der Waals surface area contributed by atoms with Crippen molar-refractivity contribution in [3.8, 4) is 5.75 Å². The molecular weight excluding hydrogens is 160 g/mol. The highest BCUT2D eigenvalue weighted by molar-refractivity contribution is 5.56. The van der Waals surface area contributed by atoms with Crippen molar-refractivity contribution >= 4 is 6.08 Å². The lowest BCUT2D eigenvalue weighted by Crippen LogP contribution is -1.73. The number of unbranched alkanes of at least 4 members (excludes halogenated alkanes) is 2. The first kappa shape index (κ1) is 9.85. The predicted octanol–water partition coefficient (Wildman–Crippen LogP) is 3.60. The van der Waals surface area contributed by atoms with Gasteiger partial charge in [0.2, 0.25) is 0 Å². The third kappa shape index (κ3) is 3.32. The molecule has 13 heavy (non-hydrogen) atoms. The van der Waals surface area contributed by atoms with Crippen LogP contribution in [0.25, 0.3) is 6.08 Å². The van der Waals surface area contributed by atoms with Crippen LogP contribution in [0.2, 0.25) is 0 Å². The largest absolute Gasteiger partial charge is 0.507 e. The molecule has 0 heterocycles. The first-order valence-corrected chi connectivity index (χ1v) is 4.79. The average molecular weight is 176 g/mol. The maximum Gasteiger partial charge on any atom is 0.122 e. The van der Waals surface area contributed by atoms with Crippen LogP contribution in [0.5, 0.6) is 5.75 Å². The first-order valence-electron chi connectivity index (χ1n) is 4.79. The van der Waals surface area contributed by atoms with Gasteiger partial charge in [0.05, 0.1) is 0 Å². The Kier molecular flexibility index (Phi) is 4.10. The minimum Gasteiger partial charge on any atom is -0.507 e. The van der Waals surface area contributed by atoms with E-state index < -0.39 is 0 Å². The Hall–Kier alpha value is -1.24. The zero-order valence-electron chi connectivity index (χ0n) is 8.03. The van der Waals surface area contributed by atoms with Crippen LogP contribution < -0.4 is 0 Å².